The highest BCUT2D eigenvalue weighted by Gasteiger charge is 2.44. The highest BCUT2D eigenvalue weighted by atomic mass is 16.5. The van der Waals surface area contributed by atoms with Crippen LogP contribution in [-0.4, -0.2) is 68.2 Å². The Kier molecular flexibility index (Phi) is 6.20. The Morgan fingerprint density at radius 1 is 0.976 bits per heavy atom. The van der Waals surface area contributed by atoms with Crippen LogP contribution in [-0.2, 0) is 5.41 Å². The molecule has 4 aromatic rings. The maximum Gasteiger partial charge on any atom is 0.263 e. The number of nitrogens with zero attached hydrogens (tertiary/aromatic N) is 5. The van der Waals surface area contributed by atoms with Crippen molar-refractivity contribution < 1.29 is 19.2 Å². The lowest BCUT2D eigenvalue weighted by atomic mass is 9.71. The monoisotopic (exact) mass is 552 g/mol. The van der Waals surface area contributed by atoms with Crippen molar-refractivity contribution >= 4 is 29.3 Å². The van der Waals surface area contributed by atoms with E-state index in [4.69, 9.17) is 14.5 Å². The molecule has 0 saturated carbocycles. The van der Waals surface area contributed by atoms with Gasteiger partial charge in [0.05, 0.1) is 23.8 Å². The van der Waals surface area contributed by atoms with E-state index in [9.17, 15) is 14.7 Å². The highest BCUT2D eigenvalue weighted by Crippen LogP contribution is 2.42. The second kappa shape index (κ2) is 10.1. The summed E-state index contributed by atoms with van der Waals surface area (Å²) in [6, 6.07) is 13.9. The van der Waals surface area contributed by atoms with Crippen LogP contribution in [0.1, 0.15) is 57.4 Å². The number of benzene rings is 2. The number of imide groups is 1. The van der Waals surface area contributed by atoms with E-state index in [-0.39, 0.29) is 23.5 Å². The zero-order valence-corrected chi connectivity index (χ0v) is 22.1. The summed E-state index contributed by atoms with van der Waals surface area (Å²) in [4.78, 5) is 40.6. The number of hydrogen-bond donors (Lipinski definition) is 4. The van der Waals surface area contributed by atoms with E-state index in [0.717, 1.165) is 44.5 Å². The molecule has 12 nitrogen and oxygen atoms in total. The first-order chi connectivity index (χ1) is 20.0. The van der Waals surface area contributed by atoms with Gasteiger partial charge >= 0.3 is 0 Å². The van der Waals surface area contributed by atoms with Gasteiger partial charge in [0, 0.05) is 17.3 Å². The van der Waals surface area contributed by atoms with Crippen molar-refractivity contribution in [1.82, 2.24) is 30.3 Å². The zero-order valence-electron chi connectivity index (χ0n) is 22.1. The molecule has 2 bridgehead atoms. The molecule has 4 aliphatic rings. The number of carbonyl (C=O) groups is 2. The number of piperidine rings is 3. The summed E-state index contributed by atoms with van der Waals surface area (Å²) in [5.74, 6) is 0.781. The van der Waals surface area contributed by atoms with Crippen LogP contribution in [0.25, 0.3) is 11.5 Å². The van der Waals surface area contributed by atoms with E-state index in [0.29, 0.717) is 34.3 Å². The SMILES string of the molecule is O=C1NC(=O)c2cc(Nc3ncc(-c4nc(C56CCN(CC5)CC6)no4)c(N[C@H](CO)c4ccccc4)n3)ccc21. The van der Waals surface area contributed by atoms with Crippen LogP contribution in [0, 0.1) is 0 Å². The maximum atomic E-state index is 12.1. The summed E-state index contributed by atoms with van der Waals surface area (Å²) < 4.78 is 5.79. The number of anilines is 3. The summed E-state index contributed by atoms with van der Waals surface area (Å²) in [6.07, 6.45) is 4.60. The molecular weight excluding hydrogens is 524 g/mol. The summed E-state index contributed by atoms with van der Waals surface area (Å²) in [5, 5.41) is 23.4. The smallest absolute Gasteiger partial charge is 0.263 e. The van der Waals surface area contributed by atoms with Gasteiger partial charge in [0.2, 0.25) is 5.95 Å². The van der Waals surface area contributed by atoms with Crippen LogP contribution in [0.3, 0.4) is 0 Å². The van der Waals surface area contributed by atoms with E-state index in [1.165, 1.54) is 0 Å². The number of aliphatic hydroxyl groups is 1. The first-order valence-corrected chi connectivity index (χ1v) is 13.6. The number of aromatic nitrogens is 4. The van der Waals surface area contributed by atoms with Crippen LogP contribution < -0.4 is 16.0 Å². The minimum absolute atomic E-state index is 0.0780. The van der Waals surface area contributed by atoms with Gasteiger partial charge in [-0.3, -0.25) is 14.9 Å². The Balaban J connectivity index is 1.23. The van der Waals surface area contributed by atoms with Crippen molar-refractivity contribution in [2.24, 2.45) is 0 Å². The molecule has 4 aliphatic heterocycles. The summed E-state index contributed by atoms with van der Waals surface area (Å²) in [5.41, 5.74) is 2.45. The lowest BCUT2D eigenvalue weighted by molar-refractivity contribution is 0.0747. The zero-order chi connectivity index (χ0) is 28.0. The third kappa shape index (κ3) is 4.60. The Bertz CT molecular complexity index is 1620. The minimum Gasteiger partial charge on any atom is -0.394 e. The van der Waals surface area contributed by atoms with Crippen molar-refractivity contribution in [2.75, 3.05) is 36.9 Å². The van der Waals surface area contributed by atoms with Gasteiger partial charge < -0.3 is 25.2 Å². The number of aliphatic hydroxyl groups excluding tert-OH is 1. The molecule has 41 heavy (non-hydrogen) atoms. The second-order valence-electron chi connectivity index (χ2n) is 10.7. The summed E-state index contributed by atoms with van der Waals surface area (Å²) in [6.45, 7) is 2.93. The van der Waals surface area contributed by atoms with Gasteiger partial charge in [-0.1, -0.05) is 35.5 Å². The molecule has 0 spiro atoms. The molecule has 0 radical (unpaired) electrons. The summed E-state index contributed by atoms with van der Waals surface area (Å²) in [7, 11) is 0. The largest absolute Gasteiger partial charge is 0.394 e. The van der Waals surface area contributed by atoms with Gasteiger partial charge in [-0.25, -0.2) is 4.98 Å². The van der Waals surface area contributed by atoms with Crippen LogP contribution in [0.15, 0.2) is 59.3 Å². The fraction of sp³-hybridized carbons (Fsp3) is 0.310. The Morgan fingerprint density at radius 3 is 2.49 bits per heavy atom. The van der Waals surface area contributed by atoms with Gasteiger partial charge in [0.1, 0.15) is 11.4 Å². The minimum atomic E-state index is -0.462. The average Bonchev–Trinajstić information content (AvgIpc) is 3.62. The van der Waals surface area contributed by atoms with Crippen LogP contribution in [0.2, 0.25) is 0 Å². The number of hydrogen-bond acceptors (Lipinski definition) is 11. The second-order valence-corrected chi connectivity index (χ2v) is 10.7. The molecule has 3 fully saturated rings. The topological polar surface area (TPSA) is 158 Å². The molecular formula is C29H28N8O4. The molecule has 12 heteroatoms. The normalized spacial score (nSPS) is 21.8. The van der Waals surface area contributed by atoms with Crippen molar-refractivity contribution in [3.63, 3.8) is 0 Å². The predicted molar refractivity (Wildman–Crippen MR) is 149 cm³/mol. The van der Waals surface area contributed by atoms with E-state index in [1.54, 1.807) is 24.4 Å². The Morgan fingerprint density at radius 2 is 1.73 bits per heavy atom. The standard InChI is InChI=1S/C29H28N8O4/c38-16-22(17-4-2-1-3-5-17)32-23-21(26-35-27(36-41-26)29-8-11-37(12-9-29)13-10-29)15-30-28(33-23)31-18-6-7-19-20(14-18)25(40)34-24(19)39/h1-7,14-15,22,38H,8-13,16H2,(H,34,39,40)(H2,30,31,32,33)/t22-/m1/s1. The molecule has 3 saturated heterocycles. The number of carbonyl (C=O) groups excluding carboxylic acids is 2. The quantitative estimate of drug-likeness (QED) is 0.238. The summed E-state index contributed by atoms with van der Waals surface area (Å²) >= 11 is 0. The van der Waals surface area contributed by atoms with Crippen LogP contribution >= 0.6 is 0 Å². The van der Waals surface area contributed by atoms with Crippen molar-refractivity contribution in [3.8, 4) is 11.5 Å². The van der Waals surface area contributed by atoms with E-state index in [1.807, 2.05) is 30.3 Å². The molecule has 2 aromatic carbocycles. The van der Waals surface area contributed by atoms with E-state index >= 15 is 0 Å². The molecule has 0 aliphatic carbocycles. The maximum absolute atomic E-state index is 12.1. The Labute approximate surface area is 235 Å². The number of amides is 2. The van der Waals surface area contributed by atoms with Crippen LogP contribution in [0.5, 0.6) is 0 Å². The average molecular weight is 553 g/mol. The van der Waals surface area contributed by atoms with Crippen molar-refractivity contribution in [3.05, 3.63) is 77.2 Å². The number of fused-ring (bicyclic) bond motifs is 4. The van der Waals surface area contributed by atoms with Crippen LogP contribution in [0.4, 0.5) is 17.5 Å². The van der Waals surface area contributed by atoms with Gasteiger partial charge in [0.25, 0.3) is 17.7 Å². The van der Waals surface area contributed by atoms with Gasteiger partial charge in [-0.15, -0.1) is 0 Å². The third-order valence-electron chi connectivity index (χ3n) is 8.33. The van der Waals surface area contributed by atoms with E-state index < -0.39 is 17.9 Å². The molecule has 208 valence electrons. The predicted octanol–water partition coefficient (Wildman–Crippen LogP) is 3.04. The van der Waals surface area contributed by atoms with Crippen molar-refractivity contribution in [2.45, 2.75) is 30.7 Å². The lowest BCUT2D eigenvalue weighted by Crippen LogP contribution is -2.51. The fourth-order valence-electron chi connectivity index (χ4n) is 5.88. The van der Waals surface area contributed by atoms with E-state index in [2.05, 4.69) is 31.0 Å². The molecule has 2 aromatic heterocycles. The highest BCUT2D eigenvalue weighted by molar-refractivity contribution is 6.21. The molecule has 6 heterocycles. The molecule has 0 unspecified atom stereocenters. The first-order valence-electron chi connectivity index (χ1n) is 13.6. The molecule has 8 rings (SSSR count). The lowest BCUT2D eigenvalue weighted by Gasteiger charge is -2.46. The van der Waals surface area contributed by atoms with Gasteiger partial charge in [-0.2, -0.15) is 9.97 Å². The third-order valence-corrected chi connectivity index (χ3v) is 8.33. The number of nitrogens with one attached hydrogen (secondary N) is 3. The van der Waals surface area contributed by atoms with Gasteiger partial charge in [0.15, 0.2) is 5.82 Å². The molecule has 2 amide bonds. The van der Waals surface area contributed by atoms with Gasteiger partial charge in [-0.05, 0) is 62.7 Å². The molecule has 1 atom stereocenters. The Hall–Kier alpha value is -4.68. The first kappa shape index (κ1) is 25.3. The van der Waals surface area contributed by atoms with Crippen molar-refractivity contribution in [1.29, 1.82) is 0 Å². The molecule has 4 N–H and O–H groups in total. The fourth-order valence-corrected chi connectivity index (χ4v) is 5.88. The number of rotatable bonds is 8.